The van der Waals surface area contributed by atoms with Crippen LogP contribution in [0, 0.1) is 12.7 Å². The highest BCUT2D eigenvalue weighted by Crippen LogP contribution is 2.29. The molecule has 3 aromatic rings. The van der Waals surface area contributed by atoms with E-state index in [1.54, 1.807) is 6.07 Å². The number of aryl methyl sites for hydroxylation is 1. The number of rotatable bonds is 8. The molecule has 1 atom stereocenters. The number of carbonyl (C=O) groups is 1. The van der Waals surface area contributed by atoms with E-state index in [0.29, 0.717) is 29.9 Å². The lowest BCUT2D eigenvalue weighted by molar-refractivity contribution is 0.235. The van der Waals surface area contributed by atoms with Crippen molar-refractivity contribution in [2.75, 3.05) is 27.2 Å². The molecule has 7 heteroatoms. The molecule has 6 nitrogen and oxygen atoms in total. The van der Waals surface area contributed by atoms with E-state index in [0.717, 1.165) is 23.4 Å². The zero-order valence-electron chi connectivity index (χ0n) is 17.8. The summed E-state index contributed by atoms with van der Waals surface area (Å²) in [5, 5.41) is 6.45. The first-order valence-electron chi connectivity index (χ1n) is 9.93. The van der Waals surface area contributed by atoms with Crippen LogP contribution >= 0.6 is 0 Å². The highest BCUT2D eigenvalue weighted by Gasteiger charge is 2.19. The van der Waals surface area contributed by atoms with Gasteiger partial charge in [-0.2, -0.15) is 0 Å². The van der Waals surface area contributed by atoms with Crippen molar-refractivity contribution in [2.24, 2.45) is 0 Å². The molecule has 0 radical (unpaired) electrons. The minimum Gasteiger partial charge on any atom is -0.492 e. The number of nitrogens with one attached hydrogen (secondary N) is 2. The van der Waals surface area contributed by atoms with Gasteiger partial charge in [-0.05, 0) is 52.2 Å². The molecule has 2 aromatic carbocycles. The molecule has 2 N–H and O–H groups in total. The molecule has 160 valence electrons. The number of amides is 2. The summed E-state index contributed by atoms with van der Waals surface area (Å²) in [5.41, 5.74) is 2.31. The van der Waals surface area contributed by atoms with Crippen molar-refractivity contribution < 1.29 is 18.3 Å². The van der Waals surface area contributed by atoms with E-state index in [2.05, 4.69) is 10.6 Å². The summed E-state index contributed by atoms with van der Waals surface area (Å²) in [7, 11) is 3.98. The van der Waals surface area contributed by atoms with Crippen LogP contribution in [0.15, 0.2) is 46.9 Å². The number of carbonyl (C=O) groups excluding carboxylic acids is 1. The maximum atomic E-state index is 13.5. The number of ether oxygens (including phenoxy) is 1. The molecule has 0 saturated heterocycles. The number of halogens is 1. The van der Waals surface area contributed by atoms with Crippen LogP contribution in [0.5, 0.6) is 5.75 Å². The summed E-state index contributed by atoms with van der Waals surface area (Å²) in [6.07, 6.45) is 0. The predicted molar refractivity (Wildman–Crippen MR) is 115 cm³/mol. The summed E-state index contributed by atoms with van der Waals surface area (Å²) in [6.45, 7) is 5.40. The highest BCUT2D eigenvalue weighted by molar-refractivity contribution is 5.82. The maximum absolute atomic E-state index is 13.5. The van der Waals surface area contributed by atoms with Crippen LogP contribution in [-0.2, 0) is 6.54 Å². The van der Waals surface area contributed by atoms with Crippen LogP contribution in [0.2, 0.25) is 0 Å². The number of benzene rings is 2. The summed E-state index contributed by atoms with van der Waals surface area (Å²) in [4.78, 5) is 14.5. The molecule has 30 heavy (non-hydrogen) atoms. The smallest absolute Gasteiger partial charge is 0.315 e. The molecule has 1 heterocycles. The molecule has 2 amide bonds. The Balaban J connectivity index is 1.59. The molecular weight excluding hydrogens is 385 g/mol. The van der Waals surface area contributed by atoms with Crippen LogP contribution in [-0.4, -0.2) is 38.2 Å². The second-order valence-electron chi connectivity index (χ2n) is 7.54. The van der Waals surface area contributed by atoms with Gasteiger partial charge in [0.25, 0.3) is 0 Å². The molecule has 0 aliphatic rings. The molecule has 0 fully saturated rings. The SMILES string of the molecule is Cc1c(C(C)NC(=O)NCc2ccccc2OCCN(C)C)oc2ccc(F)cc12. The Kier molecular flexibility index (Phi) is 6.95. The quantitative estimate of drug-likeness (QED) is 0.575. The van der Waals surface area contributed by atoms with Crippen molar-refractivity contribution in [3.8, 4) is 5.75 Å². The van der Waals surface area contributed by atoms with Crippen molar-refractivity contribution >= 4 is 17.0 Å². The Labute approximate surface area is 176 Å². The first-order valence-corrected chi connectivity index (χ1v) is 9.93. The fourth-order valence-electron chi connectivity index (χ4n) is 3.24. The Hall–Kier alpha value is -3.06. The third-order valence-corrected chi connectivity index (χ3v) is 4.88. The predicted octanol–water partition coefficient (Wildman–Crippen LogP) is 4.38. The van der Waals surface area contributed by atoms with Gasteiger partial charge in [-0.25, -0.2) is 9.18 Å². The summed E-state index contributed by atoms with van der Waals surface area (Å²) in [6, 6.07) is 11.3. The van der Waals surface area contributed by atoms with Crippen LogP contribution in [0.25, 0.3) is 11.0 Å². The van der Waals surface area contributed by atoms with Gasteiger partial charge < -0.3 is 24.7 Å². The van der Waals surface area contributed by atoms with Crippen molar-refractivity contribution in [1.82, 2.24) is 15.5 Å². The van der Waals surface area contributed by atoms with Gasteiger partial charge >= 0.3 is 6.03 Å². The Bertz CT molecular complexity index is 1020. The first kappa shape index (κ1) is 21.6. The lowest BCUT2D eigenvalue weighted by Gasteiger charge is -2.16. The maximum Gasteiger partial charge on any atom is 0.315 e. The van der Waals surface area contributed by atoms with Gasteiger partial charge in [0.05, 0.1) is 6.04 Å². The normalized spacial score (nSPS) is 12.2. The number of para-hydroxylation sites is 1. The molecule has 0 saturated carbocycles. The summed E-state index contributed by atoms with van der Waals surface area (Å²) < 4.78 is 25.2. The number of hydrogen-bond acceptors (Lipinski definition) is 4. The summed E-state index contributed by atoms with van der Waals surface area (Å²) in [5.74, 6) is 1.05. The summed E-state index contributed by atoms with van der Waals surface area (Å²) >= 11 is 0. The van der Waals surface area contributed by atoms with Gasteiger partial charge in [0.1, 0.15) is 29.5 Å². The van der Waals surface area contributed by atoms with E-state index in [1.165, 1.54) is 12.1 Å². The van der Waals surface area contributed by atoms with E-state index in [-0.39, 0.29) is 17.9 Å². The third kappa shape index (κ3) is 5.30. The van der Waals surface area contributed by atoms with Crippen molar-refractivity contribution in [3.63, 3.8) is 0 Å². The van der Waals surface area contributed by atoms with Crippen LogP contribution in [0.3, 0.4) is 0 Å². The minimum absolute atomic E-state index is 0.317. The minimum atomic E-state index is -0.368. The van der Waals surface area contributed by atoms with Gasteiger partial charge in [0.2, 0.25) is 0 Å². The molecule has 1 unspecified atom stereocenters. The number of nitrogens with zero attached hydrogens (tertiary/aromatic N) is 1. The monoisotopic (exact) mass is 413 g/mol. The number of urea groups is 1. The zero-order valence-corrected chi connectivity index (χ0v) is 17.8. The average Bonchev–Trinajstić information content (AvgIpc) is 3.03. The molecule has 0 aliphatic heterocycles. The molecule has 0 spiro atoms. The number of hydrogen-bond donors (Lipinski definition) is 2. The number of furan rings is 1. The first-order chi connectivity index (χ1) is 14.3. The standard InChI is InChI=1S/C23H28FN3O3/c1-15-19-13-18(24)9-10-21(19)30-22(15)16(2)26-23(28)25-14-17-7-5-6-8-20(17)29-12-11-27(3)4/h5-10,13,16H,11-12,14H2,1-4H3,(H2,25,26,28). The van der Waals surface area contributed by atoms with Crippen LogP contribution < -0.4 is 15.4 Å². The molecule has 3 rings (SSSR count). The topological polar surface area (TPSA) is 66.7 Å². The highest BCUT2D eigenvalue weighted by atomic mass is 19.1. The molecular formula is C23H28FN3O3. The van der Waals surface area contributed by atoms with Crippen LogP contribution in [0.1, 0.15) is 29.9 Å². The second-order valence-corrected chi connectivity index (χ2v) is 7.54. The van der Waals surface area contributed by atoms with E-state index in [9.17, 15) is 9.18 Å². The van der Waals surface area contributed by atoms with E-state index in [4.69, 9.17) is 9.15 Å². The van der Waals surface area contributed by atoms with Crippen LogP contribution in [0.4, 0.5) is 9.18 Å². The lowest BCUT2D eigenvalue weighted by Crippen LogP contribution is -2.36. The van der Waals surface area contributed by atoms with Gasteiger partial charge in [-0.15, -0.1) is 0 Å². The zero-order chi connectivity index (χ0) is 21.7. The van der Waals surface area contributed by atoms with E-state index >= 15 is 0 Å². The van der Waals surface area contributed by atoms with E-state index in [1.807, 2.05) is 57.1 Å². The largest absolute Gasteiger partial charge is 0.492 e. The number of likely N-dealkylation sites (N-methyl/N-ethyl adjacent to an activating group) is 1. The Morgan fingerprint density at radius 1 is 1.23 bits per heavy atom. The Morgan fingerprint density at radius 3 is 2.77 bits per heavy atom. The van der Waals surface area contributed by atoms with Gasteiger partial charge in [0.15, 0.2) is 0 Å². The lowest BCUT2D eigenvalue weighted by atomic mass is 10.1. The third-order valence-electron chi connectivity index (χ3n) is 4.88. The molecule has 0 bridgehead atoms. The molecule has 1 aromatic heterocycles. The second kappa shape index (κ2) is 9.63. The van der Waals surface area contributed by atoms with Crippen molar-refractivity contribution in [3.05, 3.63) is 65.2 Å². The fraction of sp³-hybridized carbons (Fsp3) is 0.348. The van der Waals surface area contributed by atoms with Gasteiger partial charge in [-0.1, -0.05) is 18.2 Å². The van der Waals surface area contributed by atoms with Gasteiger partial charge in [-0.3, -0.25) is 0 Å². The van der Waals surface area contributed by atoms with E-state index < -0.39 is 0 Å². The molecule has 0 aliphatic carbocycles. The fourth-order valence-corrected chi connectivity index (χ4v) is 3.24. The average molecular weight is 413 g/mol. The van der Waals surface area contributed by atoms with Crippen molar-refractivity contribution in [2.45, 2.75) is 26.4 Å². The van der Waals surface area contributed by atoms with Crippen molar-refractivity contribution in [1.29, 1.82) is 0 Å². The number of fused-ring (bicyclic) bond motifs is 1. The van der Waals surface area contributed by atoms with Gasteiger partial charge in [0, 0.05) is 29.6 Å². The Morgan fingerprint density at radius 2 is 2.00 bits per heavy atom.